The van der Waals surface area contributed by atoms with Crippen molar-refractivity contribution in [1.82, 2.24) is 0 Å². The fourth-order valence-corrected chi connectivity index (χ4v) is 1.19. The van der Waals surface area contributed by atoms with Crippen molar-refractivity contribution in [3.63, 3.8) is 0 Å². The van der Waals surface area contributed by atoms with Crippen LogP contribution in [-0.4, -0.2) is 30.4 Å². The molecule has 0 bridgehead atoms. The number of hydrogen-bond acceptors (Lipinski definition) is 2. The number of rotatable bonds is 2. The second-order valence-corrected chi connectivity index (χ2v) is 8.82. The summed E-state index contributed by atoms with van der Waals surface area (Å²) in [6, 6.07) is 0. The summed E-state index contributed by atoms with van der Waals surface area (Å²) in [5, 5.41) is 16.8. The lowest BCUT2D eigenvalue weighted by atomic mass is 10.2. The second kappa shape index (κ2) is 3.85. The predicted molar refractivity (Wildman–Crippen MR) is 48.1 cm³/mol. The summed E-state index contributed by atoms with van der Waals surface area (Å²) in [6.45, 7) is 0. The van der Waals surface area contributed by atoms with Gasteiger partial charge in [0, 0.05) is 0 Å². The predicted octanol–water partition coefficient (Wildman–Crippen LogP) is 1.91. The van der Waals surface area contributed by atoms with Crippen LogP contribution in [0.2, 0.25) is 0 Å². The van der Waals surface area contributed by atoms with Crippen molar-refractivity contribution < 1.29 is 23.8 Å². The van der Waals surface area contributed by atoms with Gasteiger partial charge in [0.25, 0.3) is 0 Å². The Labute approximate surface area is 91.5 Å². The Morgan fingerprint density at radius 3 is 1.75 bits per heavy atom. The summed E-state index contributed by atoms with van der Waals surface area (Å²) in [5.74, 6) is -6.62. The molecule has 1 unspecified atom stereocenters. The van der Waals surface area contributed by atoms with Crippen LogP contribution in [0.15, 0.2) is 0 Å². The van der Waals surface area contributed by atoms with E-state index < -0.39 is 20.1 Å². The molecule has 8 heteroatoms. The Morgan fingerprint density at radius 2 is 1.67 bits per heavy atom. The first-order valence-corrected chi connectivity index (χ1v) is 4.84. The average molecular weight is 377 g/mol. The molecular formula is C4H3Br3F2O3. The largest absolute Gasteiger partial charge is 0.477 e. The average Bonchev–Trinajstić information content (AvgIpc) is 1.83. The second-order valence-electron chi connectivity index (χ2n) is 1.87. The van der Waals surface area contributed by atoms with E-state index in [-0.39, 0.29) is 0 Å². The molecule has 12 heavy (non-hydrogen) atoms. The van der Waals surface area contributed by atoms with Crippen molar-refractivity contribution >= 4 is 53.8 Å². The molecule has 0 spiro atoms. The van der Waals surface area contributed by atoms with E-state index in [2.05, 4.69) is 47.8 Å². The van der Waals surface area contributed by atoms with E-state index in [9.17, 15) is 13.6 Å². The van der Waals surface area contributed by atoms with Gasteiger partial charge in [0.1, 0.15) is 0 Å². The van der Waals surface area contributed by atoms with Crippen LogP contribution in [0.3, 0.4) is 0 Å². The first kappa shape index (κ1) is 12.7. The summed E-state index contributed by atoms with van der Waals surface area (Å²) in [5.41, 5.74) is 0. The molecule has 2 N–H and O–H groups in total. The van der Waals surface area contributed by atoms with E-state index in [0.717, 1.165) is 0 Å². The topological polar surface area (TPSA) is 57.5 Å². The SMILES string of the molecule is O=C(O)C(F)(F)C(O)C(Br)(Br)Br. The number of halogens is 5. The highest BCUT2D eigenvalue weighted by Gasteiger charge is 2.54. The summed E-state index contributed by atoms with van der Waals surface area (Å²) in [6.07, 6.45) is -2.43. The van der Waals surface area contributed by atoms with Crippen LogP contribution in [0, 0.1) is 0 Å². The first-order valence-electron chi connectivity index (χ1n) is 2.46. The van der Waals surface area contributed by atoms with Crippen LogP contribution in [0.1, 0.15) is 0 Å². The minimum absolute atomic E-state index is 1.71. The number of hydrogen-bond donors (Lipinski definition) is 2. The molecule has 0 aliphatic carbocycles. The fraction of sp³-hybridized carbons (Fsp3) is 0.750. The number of aliphatic hydroxyl groups is 1. The molecule has 0 aromatic heterocycles. The van der Waals surface area contributed by atoms with Gasteiger partial charge in [-0.15, -0.1) is 0 Å². The molecule has 0 radical (unpaired) electrons. The highest BCUT2D eigenvalue weighted by Crippen LogP contribution is 2.43. The van der Waals surface area contributed by atoms with E-state index >= 15 is 0 Å². The number of aliphatic hydroxyl groups excluding tert-OH is 1. The van der Waals surface area contributed by atoms with Gasteiger partial charge in [-0.05, 0) is 0 Å². The van der Waals surface area contributed by atoms with Crippen LogP contribution in [0.4, 0.5) is 8.78 Å². The molecule has 72 valence electrons. The zero-order chi connectivity index (χ0) is 10.2. The molecule has 0 aliphatic heterocycles. The van der Waals surface area contributed by atoms with E-state index in [4.69, 9.17) is 10.2 Å². The monoisotopic (exact) mass is 374 g/mol. The Hall–Kier alpha value is 0.730. The van der Waals surface area contributed by atoms with Crippen molar-refractivity contribution in [2.24, 2.45) is 0 Å². The Morgan fingerprint density at radius 1 is 1.33 bits per heavy atom. The van der Waals surface area contributed by atoms with Gasteiger partial charge >= 0.3 is 11.9 Å². The van der Waals surface area contributed by atoms with Crippen LogP contribution >= 0.6 is 47.8 Å². The van der Waals surface area contributed by atoms with E-state index in [0.29, 0.717) is 0 Å². The van der Waals surface area contributed by atoms with Gasteiger partial charge in [0.05, 0.1) is 0 Å². The molecule has 0 aromatic carbocycles. The molecule has 0 saturated heterocycles. The van der Waals surface area contributed by atoms with Gasteiger partial charge in [-0.1, -0.05) is 47.8 Å². The molecule has 0 rings (SSSR count). The quantitative estimate of drug-likeness (QED) is 0.724. The Kier molecular flexibility index (Phi) is 4.08. The van der Waals surface area contributed by atoms with Crippen molar-refractivity contribution in [1.29, 1.82) is 0 Å². The highest BCUT2D eigenvalue weighted by molar-refractivity contribution is 9.39. The fourth-order valence-electron chi connectivity index (χ4n) is 0.323. The van der Waals surface area contributed by atoms with Crippen LogP contribution in [0.5, 0.6) is 0 Å². The van der Waals surface area contributed by atoms with E-state index in [1.807, 2.05) is 0 Å². The molecule has 0 amide bonds. The number of carbonyl (C=O) groups is 1. The lowest BCUT2D eigenvalue weighted by molar-refractivity contribution is -0.180. The lowest BCUT2D eigenvalue weighted by Gasteiger charge is -2.25. The lowest BCUT2D eigenvalue weighted by Crippen LogP contribution is -2.47. The van der Waals surface area contributed by atoms with E-state index in [1.165, 1.54) is 0 Å². The maximum absolute atomic E-state index is 12.5. The third kappa shape index (κ3) is 2.90. The Bertz CT molecular complexity index is 190. The molecule has 1 atom stereocenters. The number of carboxylic acids is 1. The van der Waals surface area contributed by atoms with Crippen LogP contribution < -0.4 is 0 Å². The molecule has 3 nitrogen and oxygen atoms in total. The summed E-state index contributed by atoms with van der Waals surface area (Å²) < 4.78 is 23.3. The van der Waals surface area contributed by atoms with Gasteiger partial charge in [-0.3, -0.25) is 0 Å². The van der Waals surface area contributed by atoms with E-state index in [1.54, 1.807) is 0 Å². The van der Waals surface area contributed by atoms with Gasteiger partial charge in [0.2, 0.25) is 0 Å². The zero-order valence-electron chi connectivity index (χ0n) is 5.27. The Balaban J connectivity index is 4.69. The number of alkyl halides is 5. The van der Waals surface area contributed by atoms with Gasteiger partial charge < -0.3 is 10.2 Å². The maximum Gasteiger partial charge on any atom is 0.377 e. The summed E-state index contributed by atoms with van der Waals surface area (Å²) >= 11 is 7.76. The van der Waals surface area contributed by atoms with Crippen molar-refractivity contribution in [2.45, 2.75) is 14.2 Å². The molecule has 0 aromatic rings. The molecule has 0 heterocycles. The van der Waals surface area contributed by atoms with Gasteiger partial charge in [-0.2, -0.15) is 8.78 Å². The molecule has 0 aliphatic rings. The zero-order valence-corrected chi connectivity index (χ0v) is 10.0. The third-order valence-corrected chi connectivity index (χ3v) is 2.24. The van der Waals surface area contributed by atoms with Gasteiger partial charge in [-0.25, -0.2) is 4.79 Å². The van der Waals surface area contributed by atoms with Crippen molar-refractivity contribution in [2.75, 3.05) is 0 Å². The minimum Gasteiger partial charge on any atom is -0.477 e. The highest BCUT2D eigenvalue weighted by atomic mass is 80.0. The summed E-state index contributed by atoms with van der Waals surface area (Å²) in [4.78, 5) is 9.94. The minimum atomic E-state index is -4.23. The smallest absolute Gasteiger partial charge is 0.377 e. The number of carboxylic acid groups (broad SMARTS) is 1. The standard InChI is InChI=1S/C4H3Br3F2O3/c5-4(6,7)1(10)3(8,9)2(11)12/h1,10H,(H,11,12). The normalized spacial score (nSPS) is 15.8. The van der Waals surface area contributed by atoms with Crippen LogP contribution in [-0.2, 0) is 4.79 Å². The number of aliphatic carboxylic acids is 1. The van der Waals surface area contributed by atoms with Crippen molar-refractivity contribution in [3.8, 4) is 0 Å². The molecule has 0 saturated carbocycles. The molecule has 0 fully saturated rings. The maximum atomic E-state index is 12.5. The van der Waals surface area contributed by atoms with Crippen LogP contribution in [0.25, 0.3) is 0 Å². The summed E-state index contributed by atoms with van der Waals surface area (Å²) in [7, 11) is 0. The third-order valence-electron chi connectivity index (χ3n) is 0.939. The van der Waals surface area contributed by atoms with Crippen molar-refractivity contribution in [3.05, 3.63) is 0 Å². The van der Waals surface area contributed by atoms with Gasteiger partial charge in [0.15, 0.2) is 8.25 Å². The first-order chi connectivity index (χ1) is 5.10. The molecular weight excluding hydrogens is 374 g/mol.